The van der Waals surface area contributed by atoms with Crippen molar-refractivity contribution in [1.29, 1.82) is 0 Å². The quantitative estimate of drug-likeness (QED) is 0.882. The number of anilines is 1. The summed E-state index contributed by atoms with van der Waals surface area (Å²) in [4.78, 5) is 23.5. The van der Waals surface area contributed by atoms with Gasteiger partial charge in [0.25, 0.3) is 5.91 Å². The molecule has 1 amide bonds. The minimum absolute atomic E-state index is 0.193. The third-order valence-corrected chi connectivity index (χ3v) is 3.10. The molecule has 0 atom stereocenters. The maximum absolute atomic E-state index is 13.4. The number of carbonyl (C=O) groups is 2. The maximum Gasteiger partial charge on any atom is 0.341 e. The first-order chi connectivity index (χ1) is 10.5. The maximum atomic E-state index is 13.4. The molecule has 0 radical (unpaired) electrons. The summed E-state index contributed by atoms with van der Waals surface area (Å²) >= 11 is 0. The van der Waals surface area contributed by atoms with Crippen LogP contribution in [0.15, 0.2) is 42.5 Å². The Kier molecular flexibility index (Phi) is 4.88. The molecule has 114 valence electrons. The molecule has 2 rings (SSSR count). The average Bonchev–Trinajstić information content (AvgIpc) is 2.49. The Bertz CT molecular complexity index is 713. The summed E-state index contributed by atoms with van der Waals surface area (Å²) in [5.74, 6) is -2.02. The van der Waals surface area contributed by atoms with Gasteiger partial charge in [-0.25, -0.2) is 9.18 Å². The second-order valence-electron chi connectivity index (χ2n) is 4.92. The van der Waals surface area contributed by atoms with Gasteiger partial charge in [-0.2, -0.15) is 0 Å². The molecular formula is C17H16FNO3. The largest absolute Gasteiger partial charge is 0.452 e. The Balaban J connectivity index is 1.94. The van der Waals surface area contributed by atoms with E-state index < -0.39 is 24.3 Å². The van der Waals surface area contributed by atoms with E-state index in [2.05, 4.69) is 5.32 Å². The standard InChI is InChI=1S/C17H16FNO3/c1-11-7-8-12(2)15(9-11)19-16(20)10-22-17(21)13-5-3-4-6-14(13)18/h3-9H,10H2,1-2H3,(H,19,20). The van der Waals surface area contributed by atoms with Crippen LogP contribution < -0.4 is 5.32 Å². The first-order valence-corrected chi connectivity index (χ1v) is 6.76. The lowest BCUT2D eigenvalue weighted by Gasteiger charge is -2.10. The first kappa shape index (κ1) is 15.7. The van der Waals surface area contributed by atoms with Crippen molar-refractivity contribution in [1.82, 2.24) is 0 Å². The lowest BCUT2D eigenvalue weighted by Crippen LogP contribution is -2.21. The van der Waals surface area contributed by atoms with E-state index in [-0.39, 0.29) is 5.56 Å². The Labute approximate surface area is 127 Å². The summed E-state index contributed by atoms with van der Waals surface area (Å²) in [7, 11) is 0. The van der Waals surface area contributed by atoms with Gasteiger partial charge in [-0.15, -0.1) is 0 Å². The molecule has 0 aliphatic carbocycles. The zero-order valence-corrected chi connectivity index (χ0v) is 12.4. The minimum atomic E-state index is -0.866. The number of aryl methyl sites for hydroxylation is 2. The average molecular weight is 301 g/mol. The van der Waals surface area contributed by atoms with E-state index >= 15 is 0 Å². The van der Waals surface area contributed by atoms with Gasteiger partial charge < -0.3 is 10.1 Å². The molecule has 0 aliphatic heterocycles. The highest BCUT2D eigenvalue weighted by Crippen LogP contribution is 2.16. The highest BCUT2D eigenvalue weighted by atomic mass is 19.1. The number of hydrogen-bond donors (Lipinski definition) is 1. The van der Waals surface area contributed by atoms with E-state index in [0.29, 0.717) is 5.69 Å². The van der Waals surface area contributed by atoms with Crippen molar-refractivity contribution in [3.05, 3.63) is 65.0 Å². The lowest BCUT2D eigenvalue weighted by molar-refractivity contribution is -0.119. The summed E-state index contributed by atoms with van der Waals surface area (Å²) < 4.78 is 18.2. The van der Waals surface area contributed by atoms with Crippen molar-refractivity contribution < 1.29 is 18.7 Å². The van der Waals surface area contributed by atoms with Crippen LogP contribution in [0, 0.1) is 19.7 Å². The highest BCUT2D eigenvalue weighted by Gasteiger charge is 2.14. The van der Waals surface area contributed by atoms with Gasteiger partial charge in [0.05, 0.1) is 5.56 Å². The van der Waals surface area contributed by atoms with Crippen LogP contribution in [0.1, 0.15) is 21.5 Å². The monoisotopic (exact) mass is 301 g/mol. The van der Waals surface area contributed by atoms with Crippen LogP contribution in [-0.4, -0.2) is 18.5 Å². The predicted octanol–water partition coefficient (Wildman–Crippen LogP) is 3.24. The summed E-state index contributed by atoms with van der Waals surface area (Å²) in [6.45, 7) is 3.30. The van der Waals surface area contributed by atoms with Crippen LogP contribution in [0.2, 0.25) is 0 Å². The smallest absolute Gasteiger partial charge is 0.341 e. The van der Waals surface area contributed by atoms with E-state index in [9.17, 15) is 14.0 Å². The summed E-state index contributed by atoms with van der Waals surface area (Å²) in [5.41, 5.74) is 2.37. The van der Waals surface area contributed by atoms with Crippen molar-refractivity contribution in [3.8, 4) is 0 Å². The Hall–Kier alpha value is -2.69. The van der Waals surface area contributed by atoms with Crippen molar-refractivity contribution >= 4 is 17.6 Å². The van der Waals surface area contributed by atoms with Crippen molar-refractivity contribution in [2.45, 2.75) is 13.8 Å². The topological polar surface area (TPSA) is 55.4 Å². The van der Waals surface area contributed by atoms with E-state index in [1.807, 2.05) is 32.0 Å². The second-order valence-corrected chi connectivity index (χ2v) is 4.92. The summed E-state index contributed by atoms with van der Waals surface area (Å²) in [5, 5.41) is 2.66. The van der Waals surface area contributed by atoms with Crippen LogP contribution in [0.3, 0.4) is 0 Å². The Morgan fingerprint density at radius 1 is 1.14 bits per heavy atom. The van der Waals surface area contributed by atoms with E-state index in [4.69, 9.17) is 4.74 Å². The molecule has 0 aliphatic rings. The molecule has 0 bridgehead atoms. The SMILES string of the molecule is Cc1ccc(C)c(NC(=O)COC(=O)c2ccccc2F)c1. The molecule has 22 heavy (non-hydrogen) atoms. The third-order valence-electron chi connectivity index (χ3n) is 3.10. The minimum Gasteiger partial charge on any atom is -0.452 e. The number of hydrogen-bond acceptors (Lipinski definition) is 3. The molecule has 0 saturated heterocycles. The van der Waals surface area contributed by atoms with E-state index in [1.54, 1.807) is 0 Å². The molecule has 5 heteroatoms. The molecule has 0 unspecified atom stereocenters. The van der Waals surface area contributed by atoms with Gasteiger partial charge in [0, 0.05) is 5.69 Å². The number of esters is 1. The highest BCUT2D eigenvalue weighted by molar-refractivity contribution is 5.96. The number of rotatable bonds is 4. The van der Waals surface area contributed by atoms with Gasteiger partial charge in [0.2, 0.25) is 0 Å². The van der Waals surface area contributed by atoms with Gasteiger partial charge >= 0.3 is 5.97 Å². The number of amides is 1. The number of carbonyl (C=O) groups excluding carboxylic acids is 2. The normalized spacial score (nSPS) is 10.1. The number of halogens is 1. The van der Waals surface area contributed by atoms with Gasteiger partial charge in [-0.1, -0.05) is 24.3 Å². The number of ether oxygens (including phenoxy) is 1. The molecule has 1 N–H and O–H groups in total. The predicted molar refractivity (Wildman–Crippen MR) is 81.2 cm³/mol. The molecule has 0 fully saturated rings. The molecule has 2 aromatic rings. The molecular weight excluding hydrogens is 285 g/mol. The van der Waals surface area contributed by atoms with Crippen LogP contribution in [-0.2, 0) is 9.53 Å². The van der Waals surface area contributed by atoms with Gasteiger partial charge in [0.15, 0.2) is 6.61 Å². The van der Waals surface area contributed by atoms with Crippen molar-refractivity contribution in [2.24, 2.45) is 0 Å². The molecule has 0 saturated carbocycles. The fourth-order valence-corrected chi connectivity index (χ4v) is 1.89. The number of benzene rings is 2. The molecule has 4 nitrogen and oxygen atoms in total. The molecule has 2 aromatic carbocycles. The first-order valence-electron chi connectivity index (χ1n) is 6.76. The number of nitrogens with one attached hydrogen (secondary N) is 1. The van der Waals surface area contributed by atoms with Gasteiger partial charge in [0.1, 0.15) is 5.82 Å². The van der Waals surface area contributed by atoms with Crippen LogP contribution in [0.4, 0.5) is 10.1 Å². The molecule has 0 aromatic heterocycles. The van der Waals surface area contributed by atoms with Crippen molar-refractivity contribution in [2.75, 3.05) is 11.9 Å². The molecule has 0 spiro atoms. The summed E-state index contributed by atoms with van der Waals surface area (Å²) in [6.07, 6.45) is 0. The lowest BCUT2D eigenvalue weighted by atomic mass is 10.1. The van der Waals surface area contributed by atoms with E-state index in [1.165, 1.54) is 18.2 Å². The second kappa shape index (κ2) is 6.85. The van der Waals surface area contributed by atoms with Crippen molar-refractivity contribution in [3.63, 3.8) is 0 Å². The van der Waals surface area contributed by atoms with Gasteiger partial charge in [-0.3, -0.25) is 4.79 Å². The van der Waals surface area contributed by atoms with Crippen LogP contribution in [0.25, 0.3) is 0 Å². The fraction of sp³-hybridized carbons (Fsp3) is 0.176. The third kappa shape index (κ3) is 3.91. The zero-order chi connectivity index (χ0) is 16.1. The summed E-state index contributed by atoms with van der Waals surface area (Å²) in [6, 6.07) is 11.1. The van der Waals surface area contributed by atoms with E-state index in [0.717, 1.165) is 17.2 Å². The fourth-order valence-electron chi connectivity index (χ4n) is 1.89. The Morgan fingerprint density at radius 2 is 1.86 bits per heavy atom. The van der Waals surface area contributed by atoms with Crippen LogP contribution >= 0.6 is 0 Å². The van der Waals surface area contributed by atoms with Crippen LogP contribution in [0.5, 0.6) is 0 Å². The Morgan fingerprint density at radius 3 is 2.59 bits per heavy atom. The van der Waals surface area contributed by atoms with Gasteiger partial charge in [-0.05, 0) is 43.2 Å². The zero-order valence-electron chi connectivity index (χ0n) is 12.4. The molecule has 0 heterocycles.